The van der Waals surface area contributed by atoms with Crippen LogP contribution in [-0.2, 0) is 16.2 Å². The first-order valence-electron chi connectivity index (χ1n) is 4.02. The van der Waals surface area contributed by atoms with Gasteiger partial charge in [-0.3, -0.25) is 9.63 Å². The lowest BCUT2D eigenvalue weighted by Gasteiger charge is -2.07. The number of carbonyl (C=O) groups is 1. The van der Waals surface area contributed by atoms with Gasteiger partial charge in [0.2, 0.25) is 5.91 Å². The summed E-state index contributed by atoms with van der Waals surface area (Å²) in [5.41, 5.74) is 8.13. The molecule has 0 spiro atoms. The zero-order valence-corrected chi connectivity index (χ0v) is 7.71. The number of nitrogens with two attached hydrogens (primary N) is 1. The number of anilines is 1. The molecule has 0 aromatic heterocycles. The zero-order chi connectivity index (χ0) is 10.6. The molecular weight excluding hydrogens is 187 g/mol. The molecule has 0 unspecified atom stereocenters. The number of nitrogens with one attached hydrogen (secondary N) is 1. The Morgan fingerprint density at radius 3 is 2.93 bits per heavy atom. The standard InChI is InChI=1S/C9H11FN2O2/c1-6(13)12-14-5-7-8(10)3-2-4-9(7)11/h2-4H,5,11H2,1H3,(H,12,13). The van der Waals surface area contributed by atoms with Crippen LogP contribution in [-0.4, -0.2) is 5.91 Å². The van der Waals surface area contributed by atoms with Crippen molar-refractivity contribution in [1.29, 1.82) is 0 Å². The number of nitrogen functional groups attached to an aromatic ring is 1. The van der Waals surface area contributed by atoms with Gasteiger partial charge in [0.25, 0.3) is 0 Å². The lowest BCUT2D eigenvalue weighted by Crippen LogP contribution is -2.20. The van der Waals surface area contributed by atoms with E-state index in [1.807, 2.05) is 0 Å². The van der Waals surface area contributed by atoms with Gasteiger partial charge in [0.05, 0.1) is 0 Å². The molecule has 0 saturated carbocycles. The van der Waals surface area contributed by atoms with E-state index in [9.17, 15) is 9.18 Å². The van der Waals surface area contributed by atoms with Crippen molar-refractivity contribution in [3.63, 3.8) is 0 Å². The Hall–Kier alpha value is -1.62. The van der Waals surface area contributed by atoms with Gasteiger partial charge in [-0.25, -0.2) is 9.87 Å². The molecule has 4 nitrogen and oxygen atoms in total. The number of carbonyl (C=O) groups excluding carboxylic acids is 1. The maximum Gasteiger partial charge on any atom is 0.240 e. The Morgan fingerprint density at radius 2 is 2.36 bits per heavy atom. The molecule has 0 aliphatic rings. The predicted octanol–water partition coefficient (Wildman–Crippen LogP) is 0.976. The van der Waals surface area contributed by atoms with Gasteiger partial charge in [-0.15, -0.1) is 0 Å². The molecule has 76 valence electrons. The highest BCUT2D eigenvalue weighted by Gasteiger charge is 2.05. The van der Waals surface area contributed by atoms with Gasteiger partial charge < -0.3 is 5.73 Å². The van der Waals surface area contributed by atoms with Crippen LogP contribution in [0.1, 0.15) is 12.5 Å². The summed E-state index contributed by atoms with van der Waals surface area (Å²) in [6.45, 7) is 1.21. The lowest BCUT2D eigenvalue weighted by molar-refractivity contribution is -0.132. The Bertz CT molecular complexity index is 321. The third kappa shape index (κ3) is 2.70. The maximum atomic E-state index is 13.1. The fourth-order valence-corrected chi connectivity index (χ4v) is 0.937. The molecule has 0 atom stereocenters. The molecule has 1 rings (SSSR count). The number of rotatable bonds is 3. The Kier molecular flexibility index (Phi) is 3.41. The largest absolute Gasteiger partial charge is 0.398 e. The van der Waals surface area contributed by atoms with Crippen LogP contribution >= 0.6 is 0 Å². The molecule has 0 aliphatic carbocycles. The Morgan fingerprint density at radius 1 is 1.64 bits per heavy atom. The van der Waals surface area contributed by atoms with Crippen LogP contribution in [0.4, 0.5) is 10.1 Å². The first-order valence-corrected chi connectivity index (χ1v) is 4.02. The van der Waals surface area contributed by atoms with Gasteiger partial charge in [-0.05, 0) is 12.1 Å². The molecule has 1 aromatic rings. The van der Waals surface area contributed by atoms with Crippen molar-refractivity contribution in [2.75, 3.05) is 5.73 Å². The minimum absolute atomic E-state index is 0.0852. The van der Waals surface area contributed by atoms with Gasteiger partial charge in [-0.2, -0.15) is 0 Å². The fourth-order valence-electron chi connectivity index (χ4n) is 0.937. The lowest BCUT2D eigenvalue weighted by atomic mass is 10.2. The minimum Gasteiger partial charge on any atom is -0.398 e. The molecule has 0 saturated heterocycles. The Labute approximate surface area is 80.8 Å². The zero-order valence-electron chi connectivity index (χ0n) is 7.71. The van der Waals surface area contributed by atoms with E-state index >= 15 is 0 Å². The highest BCUT2D eigenvalue weighted by atomic mass is 19.1. The van der Waals surface area contributed by atoms with Crippen molar-refractivity contribution in [2.45, 2.75) is 13.5 Å². The van der Waals surface area contributed by atoms with E-state index in [1.165, 1.54) is 19.1 Å². The first kappa shape index (κ1) is 10.5. The van der Waals surface area contributed by atoms with E-state index in [4.69, 9.17) is 10.6 Å². The normalized spacial score (nSPS) is 9.86. The SMILES string of the molecule is CC(=O)NOCc1c(N)cccc1F. The van der Waals surface area contributed by atoms with E-state index in [2.05, 4.69) is 5.48 Å². The van der Waals surface area contributed by atoms with Gasteiger partial charge in [-0.1, -0.05) is 6.07 Å². The third-order valence-corrected chi connectivity index (χ3v) is 1.59. The van der Waals surface area contributed by atoms with E-state index < -0.39 is 5.82 Å². The molecule has 3 N–H and O–H groups in total. The summed E-state index contributed by atoms with van der Waals surface area (Å²) in [4.78, 5) is 15.2. The summed E-state index contributed by atoms with van der Waals surface area (Å²) in [6.07, 6.45) is 0. The van der Waals surface area contributed by atoms with Crippen LogP contribution in [0.2, 0.25) is 0 Å². The summed E-state index contributed by atoms with van der Waals surface area (Å²) in [7, 11) is 0. The Balaban J connectivity index is 2.62. The van der Waals surface area contributed by atoms with Gasteiger partial charge in [0.15, 0.2) is 0 Å². The number of hydrogen-bond acceptors (Lipinski definition) is 3. The molecule has 14 heavy (non-hydrogen) atoms. The second-order valence-corrected chi connectivity index (χ2v) is 2.75. The smallest absolute Gasteiger partial charge is 0.240 e. The number of halogens is 1. The van der Waals surface area contributed by atoms with Crippen molar-refractivity contribution in [2.24, 2.45) is 0 Å². The highest BCUT2D eigenvalue weighted by Crippen LogP contribution is 2.15. The van der Waals surface area contributed by atoms with Crippen LogP contribution < -0.4 is 11.2 Å². The average Bonchev–Trinajstić information content (AvgIpc) is 2.09. The van der Waals surface area contributed by atoms with Crippen molar-refractivity contribution >= 4 is 11.6 Å². The van der Waals surface area contributed by atoms with Crippen LogP contribution in [0.3, 0.4) is 0 Å². The van der Waals surface area contributed by atoms with E-state index in [1.54, 1.807) is 6.07 Å². The van der Waals surface area contributed by atoms with Crippen molar-refractivity contribution in [3.8, 4) is 0 Å². The summed E-state index contributed by atoms with van der Waals surface area (Å²) in [5, 5.41) is 0. The molecule has 0 radical (unpaired) electrons. The number of benzene rings is 1. The van der Waals surface area contributed by atoms with Gasteiger partial charge in [0.1, 0.15) is 12.4 Å². The van der Waals surface area contributed by atoms with E-state index in [-0.39, 0.29) is 18.1 Å². The second-order valence-electron chi connectivity index (χ2n) is 2.75. The van der Waals surface area contributed by atoms with Gasteiger partial charge >= 0.3 is 0 Å². The monoisotopic (exact) mass is 198 g/mol. The van der Waals surface area contributed by atoms with Crippen molar-refractivity contribution in [1.82, 2.24) is 5.48 Å². The van der Waals surface area contributed by atoms with E-state index in [0.717, 1.165) is 0 Å². The molecule has 0 bridgehead atoms. The molecule has 0 heterocycles. The van der Waals surface area contributed by atoms with Crippen LogP contribution in [0.5, 0.6) is 0 Å². The second kappa shape index (κ2) is 4.57. The summed E-state index contributed by atoms with van der Waals surface area (Å²) >= 11 is 0. The summed E-state index contributed by atoms with van der Waals surface area (Å²) in [5.74, 6) is -0.796. The number of amides is 1. The van der Waals surface area contributed by atoms with Gasteiger partial charge in [0, 0.05) is 18.2 Å². The van der Waals surface area contributed by atoms with E-state index in [0.29, 0.717) is 5.69 Å². The molecule has 1 amide bonds. The average molecular weight is 198 g/mol. The molecule has 0 fully saturated rings. The maximum absolute atomic E-state index is 13.1. The minimum atomic E-state index is -0.449. The van der Waals surface area contributed by atoms with Crippen LogP contribution in [0.25, 0.3) is 0 Å². The van der Waals surface area contributed by atoms with Crippen molar-refractivity contribution < 1.29 is 14.0 Å². The molecule has 1 aromatic carbocycles. The predicted molar refractivity (Wildman–Crippen MR) is 49.4 cm³/mol. The molecule has 0 aliphatic heterocycles. The summed E-state index contributed by atoms with van der Waals surface area (Å²) in [6, 6.07) is 4.35. The quantitative estimate of drug-likeness (QED) is 0.562. The molecule has 5 heteroatoms. The van der Waals surface area contributed by atoms with Crippen LogP contribution in [0, 0.1) is 5.82 Å². The molecular formula is C9H11FN2O2. The third-order valence-electron chi connectivity index (χ3n) is 1.59. The first-order chi connectivity index (χ1) is 6.61. The van der Waals surface area contributed by atoms with Crippen molar-refractivity contribution in [3.05, 3.63) is 29.6 Å². The number of hydrogen-bond donors (Lipinski definition) is 2. The fraction of sp³-hybridized carbons (Fsp3) is 0.222. The van der Waals surface area contributed by atoms with Crippen LogP contribution in [0.15, 0.2) is 18.2 Å². The topological polar surface area (TPSA) is 64.3 Å². The number of hydroxylamine groups is 1. The summed E-state index contributed by atoms with van der Waals surface area (Å²) < 4.78 is 13.1. The highest BCUT2D eigenvalue weighted by molar-refractivity contribution is 5.71.